The van der Waals surface area contributed by atoms with Crippen LogP contribution in [0.25, 0.3) is 0 Å². The van der Waals surface area contributed by atoms with Gasteiger partial charge in [0, 0.05) is 5.54 Å². The molecule has 0 saturated heterocycles. The summed E-state index contributed by atoms with van der Waals surface area (Å²) in [7, 11) is 0. The monoisotopic (exact) mass is 211 g/mol. The summed E-state index contributed by atoms with van der Waals surface area (Å²) in [5.74, 6) is -1.62. The third kappa shape index (κ3) is 2.13. The van der Waals surface area contributed by atoms with Crippen molar-refractivity contribution in [2.24, 2.45) is 11.8 Å². The normalized spacial score (nSPS) is 32.3. The van der Waals surface area contributed by atoms with Crippen LogP contribution in [0.4, 0.5) is 0 Å². The number of rotatable bonds is 3. The molecule has 1 amide bonds. The van der Waals surface area contributed by atoms with Gasteiger partial charge >= 0.3 is 5.97 Å². The molecule has 0 aromatic rings. The lowest BCUT2D eigenvalue weighted by atomic mass is 10.0. The van der Waals surface area contributed by atoms with E-state index in [-0.39, 0.29) is 17.4 Å². The smallest absolute Gasteiger partial charge is 0.307 e. The Morgan fingerprint density at radius 1 is 1.27 bits per heavy atom. The lowest BCUT2D eigenvalue weighted by Gasteiger charge is -2.25. The molecule has 0 aromatic heterocycles. The van der Waals surface area contributed by atoms with Gasteiger partial charge in [-0.05, 0) is 26.2 Å². The molecule has 84 valence electrons. The van der Waals surface area contributed by atoms with Crippen molar-refractivity contribution < 1.29 is 14.7 Å². The Balaban J connectivity index is 1.86. The topological polar surface area (TPSA) is 66.4 Å². The molecule has 15 heavy (non-hydrogen) atoms. The first kappa shape index (κ1) is 10.5. The lowest BCUT2D eigenvalue weighted by molar-refractivity contribution is -0.140. The number of carboxylic acids is 1. The molecule has 4 nitrogen and oxygen atoms in total. The van der Waals surface area contributed by atoms with Gasteiger partial charge in [-0.15, -0.1) is 0 Å². The summed E-state index contributed by atoms with van der Waals surface area (Å²) in [4.78, 5) is 22.3. The molecule has 2 aliphatic rings. The van der Waals surface area contributed by atoms with Gasteiger partial charge in [0.25, 0.3) is 0 Å². The maximum atomic E-state index is 11.7. The van der Waals surface area contributed by atoms with Crippen LogP contribution in [0.3, 0.4) is 0 Å². The van der Waals surface area contributed by atoms with Crippen LogP contribution < -0.4 is 5.32 Å². The number of hydrogen-bond donors (Lipinski definition) is 2. The summed E-state index contributed by atoms with van der Waals surface area (Å²) >= 11 is 0. The molecule has 0 radical (unpaired) electrons. The van der Waals surface area contributed by atoms with E-state index >= 15 is 0 Å². The molecule has 2 N–H and O–H groups in total. The summed E-state index contributed by atoms with van der Waals surface area (Å²) in [5.41, 5.74) is -0.0806. The summed E-state index contributed by atoms with van der Waals surface area (Å²) in [5, 5.41) is 11.7. The van der Waals surface area contributed by atoms with E-state index in [2.05, 4.69) is 12.2 Å². The molecule has 2 atom stereocenters. The van der Waals surface area contributed by atoms with E-state index in [1.807, 2.05) is 0 Å². The van der Waals surface area contributed by atoms with Crippen molar-refractivity contribution in [3.8, 4) is 0 Å². The highest BCUT2D eigenvalue weighted by Crippen LogP contribution is 2.40. The number of carbonyl (C=O) groups is 2. The molecule has 2 fully saturated rings. The van der Waals surface area contributed by atoms with Crippen molar-refractivity contribution in [2.75, 3.05) is 0 Å². The Bertz CT molecular complexity index is 294. The molecule has 0 aromatic carbocycles. The maximum absolute atomic E-state index is 11.7. The molecule has 2 rings (SSSR count). The summed E-state index contributed by atoms with van der Waals surface area (Å²) in [6.45, 7) is 2.05. The van der Waals surface area contributed by atoms with Gasteiger partial charge in [-0.3, -0.25) is 9.59 Å². The molecule has 0 heterocycles. The lowest BCUT2D eigenvalue weighted by Crippen LogP contribution is -2.44. The van der Waals surface area contributed by atoms with Crippen LogP contribution in [0.2, 0.25) is 0 Å². The molecule has 4 heteroatoms. The Hall–Kier alpha value is -1.06. The van der Waals surface area contributed by atoms with Crippen LogP contribution in [0, 0.1) is 11.8 Å². The highest BCUT2D eigenvalue weighted by atomic mass is 16.4. The largest absolute Gasteiger partial charge is 0.481 e. The minimum absolute atomic E-state index is 0.0631. The van der Waals surface area contributed by atoms with Gasteiger partial charge in [0.05, 0.1) is 11.8 Å². The van der Waals surface area contributed by atoms with E-state index in [1.54, 1.807) is 0 Å². The molecule has 2 aliphatic carbocycles. The van der Waals surface area contributed by atoms with Crippen LogP contribution in [-0.4, -0.2) is 22.5 Å². The van der Waals surface area contributed by atoms with Crippen molar-refractivity contribution in [2.45, 2.75) is 44.6 Å². The number of aliphatic carboxylic acids is 1. The number of nitrogens with one attached hydrogen (secondary N) is 1. The van der Waals surface area contributed by atoms with Crippen molar-refractivity contribution in [1.82, 2.24) is 5.32 Å². The van der Waals surface area contributed by atoms with Crippen molar-refractivity contribution >= 4 is 11.9 Å². The zero-order chi connectivity index (χ0) is 11.1. The first-order valence-electron chi connectivity index (χ1n) is 5.57. The predicted molar refractivity (Wildman–Crippen MR) is 54.2 cm³/mol. The average molecular weight is 211 g/mol. The van der Waals surface area contributed by atoms with Gasteiger partial charge in [0.1, 0.15) is 0 Å². The van der Waals surface area contributed by atoms with Gasteiger partial charge in [-0.25, -0.2) is 0 Å². The summed E-state index contributed by atoms with van der Waals surface area (Å²) in [6.07, 6.45) is 4.86. The summed E-state index contributed by atoms with van der Waals surface area (Å²) < 4.78 is 0. The van der Waals surface area contributed by atoms with E-state index in [9.17, 15) is 9.59 Å². The fourth-order valence-electron chi connectivity index (χ4n) is 2.43. The Labute approximate surface area is 89.0 Å². The van der Waals surface area contributed by atoms with Crippen molar-refractivity contribution in [1.29, 1.82) is 0 Å². The molecule has 2 saturated carbocycles. The third-order valence-electron chi connectivity index (χ3n) is 3.58. The summed E-state index contributed by atoms with van der Waals surface area (Å²) in [6, 6.07) is 0. The Morgan fingerprint density at radius 3 is 2.33 bits per heavy atom. The van der Waals surface area contributed by atoms with Gasteiger partial charge in [0.2, 0.25) is 5.91 Å². The van der Waals surface area contributed by atoms with E-state index in [0.717, 1.165) is 25.7 Å². The van der Waals surface area contributed by atoms with Crippen LogP contribution in [0.5, 0.6) is 0 Å². The second kappa shape index (κ2) is 3.51. The SMILES string of the molecule is CC1(NC(=O)[C@@H]2C[C@@H]2C(=O)O)CCCC1. The van der Waals surface area contributed by atoms with Gasteiger partial charge in [-0.2, -0.15) is 0 Å². The van der Waals surface area contributed by atoms with Gasteiger partial charge < -0.3 is 10.4 Å². The van der Waals surface area contributed by atoms with E-state index in [4.69, 9.17) is 5.11 Å². The number of amides is 1. The highest BCUT2D eigenvalue weighted by Gasteiger charge is 2.49. The minimum Gasteiger partial charge on any atom is -0.481 e. The predicted octanol–water partition coefficient (Wildman–Crippen LogP) is 1.16. The fourth-order valence-corrected chi connectivity index (χ4v) is 2.43. The van der Waals surface area contributed by atoms with E-state index in [0.29, 0.717) is 6.42 Å². The fraction of sp³-hybridized carbons (Fsp3) is 0.818. The van der Waals surface area contributed by atoms with E-state index in [1.165, 1.54) is 0 Å². The maximum Gasteiger partial charge on any atom is 0.307 e. The zero-order valence-corrected chi connectivity index (χ0v) is 8.95. The molecular formula is C11H17NO3. The molecular weight excluding hydrogens is 194 g/mol. The molecule has 0 spiro atoms. The van der Waals surface area contributed by atoms with Crippen molar-refractivity contribution in [3.05, 3.63) is 0 Å². The Morgan fingerprint density at radius 2 is 1.87 bits per heavy atom. The second-order valence-electron chi connectivity index (χ2n) is 5.04. The first-order valence-corrected chi connectivity index (χ1v) is 5.57. The van der Waals surface area contributed by atoms with Crippen molar-refractivity contribution in [3.63, 3.8) is 0 Å². The minimum atomic E-state index is -0.841. The molecule has 0 aliphatic heterocycles. The van der Waals surface area contributed by atoms with Gasteiger partial charge in [-0.1, -0.05) is 12.8 Å². The van der Waals surface area contributed by atoms with Crippen LogP contribution in [0.1, 0.15) is 39.0 Å². The number of hydrogen-bond acceptors (Lipinski definition) is 2. The number of carboxylic acid groups (broad SMARTS) is 1. The van der Waals surface area contributed by atoms with Gasteiger partial charge in [0.15, 0.2) is 0 Å². The molecule has 0 unspecified atom stereocenters. The Kier molecular flexibility index (Phi) is 2.44. The quantitative estimate of drug-likeness (QED) is 0.736. The van der Waals surface area contributed by atoms with E-state index < -0.39 is 11.9 Å². The number of carbonyl (C=O) groups excluding carboxylic acids is 1. The highest BCUT2D eigenvalue weighted by molar-refractivity contribution is 5.89. The van der Waals surface area contributed by atoms with Crippen LogP contribution >= 0.6 is 0 Å². The zero-order valence-electron chi connectivity index (χ0n) is 8.95. The molecule has 0 bridgehead atoms. The second-order valence-corrected chi connectivity index (χ2v) is 5.04. The van der Waals surface area contributed by atoms with Crippen LogP contribution in [0.15, 0.2) is 0 Å². The first-order chi connectivity index (χ1) is 7.02. The van der Waals surface area contributed by atoms with Crippen LogP contribution in [-0.2, 0) is 9.59 Å². The third-order valence-corrected chi connectivity index (χ3v) is 3.58. The average Bonchev–Trinajstić information content (AvgIpc) is 2.85. The standard InChI is InChI=1S/C11H17NO3/c1-11(4-2-3-5-11)12-9(13)7-6-8(7)10(14)15/h7-8H,2-6H2,1H3,(H,12,13)(H,14,15)/t7-,8+/m1/s1.